The average molecular weight is 259 g/mol. The third-order valence-electron chi connectivity index (χ3n) is 1.38. The van der Waals surface area contributed by atoms with Crippen LogP contribution in [0.4, 0.5) is 35.1 Å². The molecule has 1 amide bonds. The van der Waals surface area contributed by atoms with Crippen LogP contribution >= 0.6 is 0 Å². The van der Waals surface area contributed by atoms with Crippen LogP contribution in [0.25, 0.3) is 0 Å². The Kier molecular flexibility index (Phi) is 4.50. The van der Waals surface area contributed by atoms with Gasteiger partial charge < -0.3 is 5.32 Å². The van der Waals surface area contributed by atoms with E-state index in [1.165, 1.54) is 0 Å². The van der Waals surface area contributed by atoms with Crippen molar-refractivity contribution < 1.29 is 39.9 Å². The summed E-state index contributed by atoms with van der Waals surface area (Å²) in [4.78, 5) is 10.3. The summed E-state index contributed by atoms with van der Waals surface area (Å²) in [6, 6.07) is 0. The van der Waals surface area contributed by atoms with Crippen molar-refractivity contribution in [1.29, 1.82) is 0 Å². The number of nitrogens with one attached hydrogen (secondary N) is 1. The van der Waals surface area contributed by atoms with Gasteiger partial charge in [0.05, 0.1) is 6.54 Å². The number of hydrogen-bond acceptors (Lipinski definition) is 1. The minimum Gasteiger partial charge on any atom is -0.344 e. The molecule has 0 unspecified atom stereocenters. The molecule has 0 aliphatic carbocycles. The molecule has 96 valence electrons. The molecule has 1 N–H and O–H groups in total. The molecular formula is C6H5F8NO. The van der Waals surface area contributed by atoms with Gasteiger partial charge >= 0.3 is 24.7 Å². The van der Waals surface area contributed by atoms with Crippen LogP contribution in [0.1, 0.15) is 0 Å². The van der Waals surface area contributed by atoms with Crippen LogP contribution in [0.15, 0.2) is 0 Å². The maximum atomic E-state index is 12.1. The Balaban J connectivity index is 4.39. The van der Waals surface area contributed by atoms with E-state index in [2.05, 4.69) is 0 Å². The highest BCUT2D eigenvalue weighted by atomic mass is 19.3. The molecule has 0 atom stereocenters. The van der Waals surface area contributed by atoms with Gasteiger partial charge in [0.15, 0.2) is 0 Å². The Morgan fingerprint density at radius 1 is 1.00 bits per heavy atom. The average Bonchev–Trinajstić information content (AvgIpc) is 2.13. The van der Waals surface area contributed by atoms with E-state index >= 15 is 0 Å². The minimum atomic E-state index is -5.20. The standard InChI is InChI=1S/C6H5F8NO/c7-2(8)5(11,12)1-15-4(16)6(13,14)3(9)10/h2-3H,1H2,(H,15,16). The first-order valence-electron chi connectivity index (χ1n) is 3.62. The van der Waals surface area contributed by atoms with Crippen LogP contribution < -0.4 is 5.32 Å². The smallest absolute Gasteiger partial charge is 0.344 e. The van der Waals surface area contributed by atoms with Crippen molar-refractivity contribution in [1.82, 2.24) is 5.32 Å². The zero-order valence-corrected chi connectivity index (χ0v) is 7.29. The summed E-state index contributed by atoms with van der Waals surface area (Å²) < 4.78 is 94.4. The lowest BCUT2D eigenvalue weighted by Gasteiger charge is -2.18. The maximum Gasteiger partial charge on any atom is 0.383 e. The van der Waals surface area contributed by atoms with Crippen molar-refractivity contribution in [2.24, 2.45) is 0 Å². The molecule has 0 heterocycles. The molecule has 0 radical (unpaired) electrons. The van der Waals surface area contributed by atoms with E-state index in [0.29, 0.717) is 5.32 Å². The quantitative estimate of drug-likeness (QED) is 0.751. The van der Waals surface area contributed by atoms with Gasteiger partial charge in [-0.1, -0.05) is 0 Å². The molecule has 0 saturated carbocycles. The predicted molar refractivity (Wildman–Crippen MR) is 34.9 cm³/mol. The highest BCUT2D eigenvalue weighted by molar-refractivity contribution is 5.83. The molecule has 0 aromatic heterocycles. The van der Waals surface area contributed by atoms with Gasteiger partial charge in [-0.25, -0.2) is 17.6 Å². The number of carbonyl (C=O) groups excluding carboxylic acids is 1. The van der Waals surface area contributed by atoms with E-state index in [1.807, 2.05) is 0 Å². The molecule has 0 fully saturated rings. The van der Waals surface area contributed by atoms with Crippen LogP contribution in [-0.4, -0.2) is 37.1 Å². The van der Waals surface area contributed by atoms with Crippen molar-refractivity contribution in [3.05, 3.63) is 0 Å². The van der Waals surface area contributed by atoms with Gasteiger partial charge in [0.1, 0.15) is 0 Å². The van der Waals surface area contributed by atoms with Crippen LogP contribution in [-0.2, 0) is 4.79 Å². The second kappa shape index (κ2) is 4.83. The first-order valence-corrected chi connectivity index (χ1v) is 3.62. The van der Waals surface area contributed by atoms with E-state index in [4.69, 9.17) is 0 Å². The number of hydrogen-bond donors (Lipinski definition) is 1. The van der Waals surface area contributed by atoms with Crippen LogP contribution in [0.2, 0.25) is 0 Å². The molecule has 0 rings (SSSR count). The monoisotopic (exact) mass is 259 g/mol. The summed E-state index contributed by atoms with van der Waals surface area (Å²) in [6.07, 6.45) is -8.61. The van der Waals surface area contributed by atoms with Gasteiger partial charge in [0.25, 0.3) is 5.91 Å². The van der Waals surface area contributed by atoms with Gasteiger partial charge in [-0.15, -0.1) is 0 Å². The van der Waals surface area contributed by atoms with Crippen LogP contribution in [0, 0.1) is 0 Å². The molecule has 16 heavy (non-hydrogen) atoms. The van der Waals surface area contributed by atoms with Gasteiger partial charge in [0.2, 0.25) is 0 Å². The molecule has 0 aromatic carbocycles. The summed E-state index contributed by atoms with van der Waals surface area (Å²) in [5.41, 5.74) is 0. The fraction of sp³-hybridized carbons (Fsp3) is 0.833. The van der Waals surface area contributed by atoms with Crippen molar-refractivity contribution in [3.8, 4) is 0 Å². The Bertz CT molecular complexity index is 253. The SMILES string of the molecule is O=C(NCC(F)(F)C(F)F)C(F)(F)C(F)F. The second-order valence-electron chi connectivity index (χ2n) is 2.67. The van der Waals surface area contributed by atoms with Crippen molar-refractivity contribution >= 4 is 5.91 Å². The normalized spacial score (nSPS) is 13.4. The van der Waals surface area contributed by atoms with Crippen LogP contribution in [0.3, 0.4) is 0 Å². The third kappa shape index (κ3) is 3.49. The Labute approximate surface area is 83.6 Å². The summed E-state index contributed by atoms with van der Waals surface area (Å²) >= 11 is 0. The summed E-state index contributed by atoms with van der Waals surface area (Å²) in [5, 5.41) is 0.627. The maximum absolute atomic E-state index is 12.1. The van der Waals surface area contributed by atoms with Crippen molar-refractivity contribution in [2.75, 3.05) is 6.54 Å². The molecule has 2 nitrogen and oxygen atoms in total. The summed E-state index contributed by atoms with van der Waals surface area (Å²) in [7, 11) is 0. The zero-order chi connectivity index (χ0) is 13.1. The van der Waals surface area contributed by atoms with Gasteiger partial charge in [-0.05, 0) is 0 Å². The molecule has 0 spiro atoms. The fourth-order valence-corrected chi connectivity index (χ4v) is 0.492. The zero-order valence-electron chi connectivity index (χ0n) is 7.29. The lowest BCUT2D eigenvalue weighted by atomic mass is 10.3. The lowest BCUT2D eigenvalue weighted by Crippen LogP contribution is -2.50. The van der Waals surface area contributed by atoms with Gasteiger partial charge in [0, 0.05) is 0 Å². The fourth-order valence-electron chi connectivity index (χ4n) is 0.492. The first-order chi connectivity index (χ1) is 7.01. The Morgan fingerprint density at radius 2 is 1.44 bits per heavy atom. The predicted octanol–water partition coefficient (Wildman–Crippen LogP) is 1.90. The molecule has 0 aliphatic rings. The number of halogens is 8. The highest BCUT2D eigenvalue weighted by Crippen LogP contribution is 2.25. The minimum absolute atomic E-state index is 0.627. The molecule has 0 bridgehead atoms. The van der Waals surface area contributed by atoms with E-state index < -0.39 is 37.1 Å². The van der Waals surface area contributed by atoms with E-state index in [9.17, 15) is 39.9 Å². The molecule has 0 saturated heterocycles. The summed E-state index contributed by atoms with van der Waals surface area (Å²) in [6.45, 7) is -2.15. The van der Waals surface area contributed by atoms with Gasteiger partial charge in [-0.2, -0.15) is 17.6 Å². The molecule has 0 aliphatic heterocycles. The number of carbonyl (C=O) groups is 1. The number of amides is 1. The largest absolute Gasteiger partial charge is 0.383 e. The summed E-state index contributed by atoms with van der Waals surface area (Å²) in [5.74, 6) is -12.7. The Hall–Kier alpha value is -1.09. The van der Waals surface area contributed by atoms with E-state index in [0.717, 1.165) is 0 Å². The third-order valence-corrected chi connectivity index (χ3v) is 1.38. The lowest BCUT2D eigenvalue weighted by molar-refractivity contribution is -0.173. The Morgan fingerprint density at radius 3 is 1.75 bits per heavy atom. The molecule has 0 aromatic rings. The first kappa shape index (κ1) is 14.9. The molecule has 10 heteroatoms. The van der Waals surface area contributed by atoms with Crippen molar-refractivity contribution in [3.63, 3.8) is 0 Å². The van der Waals surface area contributed by atoms with E-state index in [-0.39, 0.29) is 0 Å². The van der Waals surface area contributed by atoms with E-state index in [1.54, 1.807) is 0 Å². The molecular weight excluding hydrogens is 254 g/mol. The van der Waals surface area contributed by atoms with Crippen LogP contribution in [0.5, 0.6) is 0 Å². The van der Waals surface area contributed by atoms with Gasteiger partial charge in [-0.3, -0.25) is 4.79 Å². The second-order valence-corrected chi connectivity index (χ2v) is 2.67. The topological polar surface area (TPSA) is 29.1 Å². The number of alkyl halides is 8. The number of rotatable bonds is 5. The highest BCUT2D eigenvalue weighted by Gasteiger charge is 2.50. The van der Waals surface area contributed by atoms with Crippen molar-refractivity contribution in [2.45, 2.75) is 24.7 Å².